The standard InChI is InChI=1S/C28H24.C21H21N.CH5N/c1-3-21-13-11-19-25-22(21)14-6-4-5-12-20(2)28(25)26-17-9-7-15-23(26)24-16-8-10-18-27(24)28;1-17-6-5-9-21(14-17)20-12-10-19(11-13-20)16-22-15-18-7-3-2-4-8-18;1-2/h4-19H,3H2,1-2H3;2-14,22H,15-16H2,1H3;2H2,1H3/b5-4-,14-6-,20-12+;;. The molecule has 0 radical (unpaired) electrons. The lowest BCUT2D eigenvalue weighted by Crippen LogP contribution is -2.29. The average molecular weight is 679 g/mol. The van der Waals surface area contributed by atoms with Crippen LogP contribution in [0.3, 0.4) is 0 Å². The second kappa shape index (κ2) is 17.1. The first kappa shape index (κ1) is 36.3. The predicted octanol–water partition coefficient (Wildman–Crippen LogP) is 11.6. The van der Waals surface area contributed by atoms with Gasteiger partial charge in [0.25, 0.3) is 0 Å². The summed E-state index contributed by atoms with van der Waals surface area (Å²) in [6.45, 7) is 8.46. The highest BCUT2D eigenvalue weighted by molar-refractivity contribution is 5.87. The normalized spacial score (nSPS) is 15.4. The molecule has 2 aliphatic rings. The van der Waals surface area contributed by atoms with Crippen LogP contribution in [-0.2, 0) is 24.9 Å². The number of allylic oxidation sites excluding steroid dienone is 5. The van der Waals surface area contributed by atoms with Gasteiger partial charge in [0.1, 0.15) is 0 Å². The van der Waals surface area contributed by atoms with E-state index in [4.69, 9.17) is 0 Å². The number of benzene rings is 6. The van der Waals surface area contributed by atoms with Gasteiger partial charge in [-0.05, 0) is 88.5 Å². The molecule has 2 nitrogen and oxygen atoms in total. The minimum atomic E-state index is -0.257. The smallest absolute Gasteiger partial charge is 0.0679 e. The van der Waals surface area contributed by atoms with Crippen LogP contribution in [0.1, 0.15) is 58.4 Å². The fourth-order valence-electron chi connectivity index (χ4n) is 7.74. The van der Waals surface area contributed by atoms with Crippen LogP contribution in [0.5, 0.6) is 0 Å². The molecule has 0 bridgehead atoms. The van der Waals surface area contributed by atoms with Crippen molar-refractivity contribution in [1.29, 1.82) is 0 Å². The fraction of sp³-hybridized carbons (Fsp3) is 0.160. The molecule has 0 heterocycles. The summed E-state index contributed by atoms with van der Waals surface area (Å²) in [6, 6.07) is 52.6. The Morgan fingerprint density at radius 2 is 1.13 bits per heavy atom. The first-order valence-corrected chi connectivity index (χ1v) is 18.4. The van der Waals surface area contributed by atoms with Crippen molar-refractivity contribution >= 4 is 6.08 Å². The van der Waals surface area contributed by atoms with E-state index in [1.165, 1.54) is 79.4 Å². The molecule has 0 aromatic heterocycles. The SMILES string of the molecule is CCc1cccc2c1\C=C/C=C\C=C(/C)C21c2ccccc2-c2ccccc21.CN.Cc1cccc(-c2ccc(CNCc3ccccc3)cc2)c1. The first-order chi connectivity index (χ1) is 25.6. The van der Waals surface area contributed by atoms with Crippen molar-refractivity contribution in [2.45, 2.75) is 45.7 Å². The molecule has 1 spiro atoms. The molecule has 0 amide bonds. The molecule has 8 rings (SSSR count). The van der Waals surface area contributed by atoms with Gasteiger partial charge in [-0.25, -0.2) is 0 Å². The molecule has 0 unspecified atom stereocenters. The number of hydrogen-bond acceptors (Lipinski definition) is 2. The van der Waals surface area contributed by atoms with Crippen LogP contribution in [0.2, 0.25) is 0 Å². The summed E-state index contributed by atoms with van der Waals surface area (Å²) in [7, 11) is 1.50. The molecule has 6 aromatic rings. The lowest BCUT2D eigenvalue weighted by atomic mass is 9.66. The number of fused-ring (bicyclic) bond motifs is 7. The Kier molecular flexibility index (Phi) is 11.9. The van der Waals surface area contributed by atoms with Crippen molar-refractivity contribution in [3.63, 3.8) is 0 Å². The number of nitrogens with two attached hydrogens (primary N) is 1. The molecule has 0 fully saturated rings. The van der Waals surface area contributed by atoms with Crippen molar-refractivity contribution in [2.24, 2.45) is 5.73 Å². The van der Waals surface area contributed by atoms with Gasteiger partial charge in [0.15, 0.2) is 0 Å². The average Bonchev–Trinajstić information content (AvgIpc) is 3.53. The van der Waals surface area contributed by atoms with Crippen molar-refractivity contribution in [1.82, 2.24) is 5.32 Å². The van der Waals surface area contributed by atoms with Crippen molar-refractivity contribution in [2.75, 3.05) is 7.05 Å². The van der Waals surface area contributed by atoms with E-state index in [0.29, 0.717) is 0 Å². The highest BCUT2D eigenvalue weighted by atomic mass is 14.8. The van der Waals surface area contributed by atoms with Crippen LogP contribution in [-0.4, -0.2) is 7.05 Å². The lowest BCUT2D eigenvalue weighted by molar-refractivity contribution is 0.693. The third-order valence-corrected chi connectivity index (χ3v) is 10.2. The van der Waals surface area contributed by atoms with Gasteiger partial charge in [-0.1, -0.05) is 194 Å². The second-order valence-electron chi connectivity index (χ2n) is 13.3. The molecule has 0 saturated heterocycles. The van der Waals surface area contributed by atoms with Gasteiger partial charge < -0.3 is 11.1 Å². The van der Waals surface area contributed by atoms with E-state index in [2.05, 4.69) is 202 Å². The van der Waals surface area contributed by atoms with Gasteiger partial charge in [-0.3, -0.25) is 0 Å². The Morgan fingerprint density at radius 1 is 0.538 bits per heavy atom. The maximum absolute atomic E-state index is 4.50. The zero-order valence-electron chi connectivity index (χ0n) is 30.9. The minimum absolute atomic E-state index is 0.257. The van der Waals surface area contributed by atoms with E-state index in [-0.39, 0.29) is 5.41 Å². The first-order valence-electron chi connectivity index (χ1n) is 18.4. The van der Waals surface area contributed by atoms with Gasteiger partial charge in [-0.15, -0.1) is 0 Å². The molecule has 6 aromatic carbocycles. The van der Waals surface area contributed by atoms with Crippen molar-refractivity contribution < 1.29 is 0 Å². The van der Waals surface area contributed by atoms with Crippen LogP contribution in [0.4, 0.5) is 0 Å². The van der Waals surface area contributed by atoms with Gasteiger partial charge in [0.05, 0.1) is 5.41 Å². The van der Waals surface area contributed by atoms with Crippen molar-refractivity contribution in [3.8, 4) is 22.3 Å². The van der Waals surface area contributed by atoms with Crippen molar-refractivity contribution in [3.05, 3.63) is 220 Å². The third-order valence-electron chi connectivity index (χ3n) is 10.2. The highest BCUT2D eigenvalue weighted by Gasteiger charge is 2.46. The molecule has 0 atom stereocenters. The van der Waals surface area contributed by atoms with Gasteiger partial charge in [0.2, 0.25) is 0 Å². The predicted molar refractivity (Wildman–Crippen MR) is 223 cm³/mol. The van der Waals surface area contributed by atoms with Gasteiger partial charge in [-0.2, -0.15) is 0 Å². The maximum Gasteiger partial charge on any atom is 0.0679 e. The summed E-state index contributed by atoms with van der Waals surface area (Å²) in [6.07, 6.45) is 12.1. The zero-order valence-corrected chi connectivity index (χ0v) is 30.9. The Labute approximate surface area is 311 Å². The topological polar surface area (TPSA) is 38.0 Å². The number of nitrogens with one attached hydrogen (secondary N) is 1. The van der Waals surface area contributed by atoms with E-state index in [9.17, 15) is 0 Å². The van der Waals surface area contributed by atoms with Gasteiger partial charge in [0, 0.05) is 13.1 Å². The highest BCUT2D eigenvalue weighted by Crippen LogP contribution is 2.57. The summed E-state index contributed by atoms with van der Waals surface area (Å²) in [5, 5.41) is 3.49. The van der Waals surface area contributed by atoms with Crippen LogP contribution in [0.15, 0.2) is 175 Å². The minimum Gasteiger partial charge on any atom is -0.333 e. The number of rotatable bonds is 6. The summed E-state index contributed by atoms with van der Waals surface area (Å²) >= 11 is 0. The number of aryl methyl sites for hydroxylation is 2. The fourth-order valence-corrected chi connectivity index (χ4v) is 7.74. The summed E-state index contributed by atoms with van der Waals surface area (Å²) < 4.78 is 0. The summed E-state index contributed by atoms with van der Waals surface area (Å²) in [5.41, 5.74) is 21.7. The van der Waals surface area contributed by atoms with E-state index in [1.54, 1.807) is 0 Å². The molecular weight excluding hydrogens is 629 g/mol. The summed E-state index contributed by atoms with van der Waals surface area (Å²) in [5.74, 6) is 0. The van der Waals surface area contributed by atoms with Crippen LogP contribution < -0.4 is 11.1 Å². The quantitative estimate of drug-likeness (QED) is 0.184. The van der Waals surface area contributed by atoms with E-state index >= 15 is 0 Å². The molecule has 52 heavy (non-hydrogen) atoms. The lowest BCUT2D eigenvalue weighted by Gasteiger charge is -2.36. The van der Waals surface area contributed by atoms with Gasteiger partial charge >= 0.3 is 0 Å². The molecule has 2 heteroatoms. The molecule has 0 saturated carbocycles. The molecule has 0 aliphatic heterocycles. The number of hydrogen-bond donors (Lipinski definition) is 2. The Hall–Kier alpha value is -5.54. The molecule has 2 aliphatic carbocycles. The largest absolute Gasteiger partial charge is 0.333 e. The monoisotopic (exact) mass is 678 g/mol. The Morgan fingerprint density at radius 3 is 1.79 bits per heavy atom. The van der Waals surface area contributed by atoms with Crippen LogP contribution in [0.25, 0.3) is 28.3 Å². The van der Waals surface area contributed by atoms with Crippen LogP contribution >= 0.6 is 0 Å². The summed E-state index contributed by atoms with van der Waals surface area (Å²) in [4.78, 5) is 0. The Balaban J connectivity index is 0.000000175. The van der Waals surface area contributed by atoms with E-state index in [0.717, 1.165) is 19.5 Å². The maximum atomic E-state index is 4.50. The second-order valence-corrected chi connectivity index (χ2v) is 13.3. The molecule has 3 N–H and O–H groups in total. The molecular formula is C50H50N2. The zero-order chi connectivity index (χ0) is 36.3. The van der Waals surface area contributed by atoms with E-state index < -0.39 is 0 Å². The third kappa shape index (κ3) is 7.41. The van der Waals surface area contributed by atoms with Crippen LogP contribution in [0, 0.1) is 6.92 Å². The van der Waals surface area contributed by atoms with E-state index in [1.807, 2.05) is 6.07 Å². The Bertz CT molecular complexity index is 2140. The molecule has 260 valence electrons.